The fraction of sp³-hybridized carbons (Fsp3) is 0.214. The minimum absolute atomic E-state index is 0.0584. The summed E-state index contributed by atoms with van der Waals surface area (Å²) in [5.41, 5.74) is 2.50. The number of hydrogen-bond donors (Lipinski definition) is 1. The van der Waals surface area contributed by atoms with Gasteiger partial charge >= 0.3 is 0 Å². The van der Waals surface area contributed by atoms with Gasteiger partial charge in [0, 0.05) is 5.56 Å². The van der Waals surface area contributed by atoms with E-state index in [2.05, 4.69) is 37.2 Å². The summed E-state index contributed by atoms with van der Waals surface area (Å²) in [5.74, 6) is 0.514. The monoisotopic (exact) mass is 399 g/mol. The Morgan fingerprint density at radius 1 is 1.30 bits per heavy atom. The van der Waals surface area contributed by atoms with Gasteiger partial charge in [0.05, 0.1) is 23.2 Å². The molecule has 1 aromatic carbocycles. The Morgan fingerprint density at radius 2 is 2.15 bits per heavy atom. The molecular weight excluding hydrogens is 390 g/mol. The third-order valence-electron chi connectivity index (χ3n) is 3.11. The second-order valence-corrected chi connectivity index (χ2v) is 6.01. The van der Waals surface area contributed by atoms with Gasteiger partial charge in [0.25, 0.3) is 5.91 Å². The summed E-state index contributed by atoms with van der Waals surface area (Å²) in [6.45, 7) is 1.01. The summed E-state index contributed by atoms with van der Waals surface area (Å²) in [5, 5.41) is 2.81. The number of amides is 1. The molecule has 0 saturated carbocycles. The molecule has 0 bridgehead atoms. The summed E-state index contributed by atoms with van der Waals surface area (Å²) in [7, 11) is 0. The Bertz CT molecular complexity index is 654. The third-order valence-corrected chi connectivity index (χ3v) is 4.77. The Hall–Kier alpha value is -1.27. The molecule has 6 heteroatoms. The maximum absolute atomic E-state index is 12.0. The highest BCUT2D eigenvalue weighted by atomic mass is 79.9. The van der Waals surface area contributed by atoms with Crippen molar-refractivity contribution in [3.63, 3.8) is 0 Å². The molecule has 3 rings (SSSR count). The number of carbonyl (C=O) groups excluding carboxylic acids is 1. The number of fused-ring (bicyclic) bond motifs is 1. The molecule has 0 fully saturated rings. The molecule has 0 aliphatic carbocycles. The maximum Gasteiger partial charge on any atom is 0.255 e. The maximum atomic E-state index is 12.0. The van der Waals surface area contributed by atoms with Crippen molar-refractivity contribution in [3.05, 3.63) is 51.9 Å². The highest BCUT2D eigenvalue weighted by Crippen LogP contribution is 2.37. The van der Waals surface area contributed by atoms with Crippen LogP contribution in [0.3, 0.4) is 0 Å². The fourth-order valence-corrected chi connectivity index (χ4v) is 3.52. The highest BCUT2D eigenvalue weighted by Gasteiger charge is 2.21. The average molecular weight is 401 g/mol. The number of furan rings is 1. The molecule has 1 unspecified atom stereocenters. The topological polar surface area (TPSA) is 51.5 Å². The number of alkyl halides is 1. The summed E-state index contributed by atoms with van der Waals surface area (Å²) in [6.07, 6.45) is 1.62. The zero-order valence-electron chi connectivity index (χ0n) is 10.4. The van der Waals surface area contributed by atoms with Gasteiger partial charge in [-0.2, -0.15) is 0 Å². The molecule has 2 heterocycles. The molecule has 2 aromatic rings. The van der Waals surface area contributed by atoms with Crippen LogP contribution in [0.2, 0.25) is 0 Å². The van der Waals surface area contributed by atoms with Crippen molar-refractivity contribution in [3.8, 4) is 5.75 Å². The van der Waals surface area contributed by atoms with E-state index in [4.69, 9.17) is 9.15 Å². The van der Waals surface area contributed by atoms with Crippen molar-refractivity contribution in [2.75, 3.05) is 13.2 Å². The minimum Gasteiger partial charge on any atom is -0.491 e. The van der Waals surface area contributed by atoms with Gasteiger partial charge in [0.15, 0.2) is 4.67 Å². The SMILES string of the molecule is O=C1NCCOc2ccc(C(Br)c3ccoc3Br)cc21. The molecule has 1 aliphatic rings. The number of halogens is 2. The molecule has 1 aromatic heterocycles. The molecule has 0 radical (unpaired) electrons. The molecule has 20 heavy (non-hydrogen) atoms. The number of benzene rings is 1. The van der Waals surface area contributed by atoms with E-state index >= 15 is 0 Å². The lowest BCUT2D eigenvalue weighted by Gasteiger charge is -2.12. The predicted molar refractivity (Wildman–Crippen MR) is 81.4 cm³/mol. The lowest BCUT2D eigenvalue weighted by atomic mass is 10.0. The summed E-state index contributed by atoms with van der Waals surface area (Å²) < 4.78 is 11.5. The Balaban J connectivity index is 2.00. The van der Waals surface area contributed by atoms with Crippen molar-refractivity contribution >= 4 is 37.8 Å². The van der Waals surface area contributed by atoms with E-state index in [0.29, 0.717) is 29.1 Å². The first-order valence-electron chi connectivity index (χ1n) is 6.08. The van der Waals surface area contributed by atoms with Crippen LogP contribution < -0.4 is 10.1 Å². The van der Waals surface area contributed by atoms with Crippen molar-refractivity contribution < 1.29 is 13.9 Å². The van der Waals surface area contributed by atoms with E-state index in [1.165, 1.54) is 0 Å². The lowest BCUT2D eigenvalue weighted by Crippen LogP contribution is -2.24. The first kappa shape index (κ1) is 13.7. The molecule has 0 spiro atoms. The Morgan fingerprint density at radius 3 is 2.90 bits per heavy atom. The first-order valence-corrected chi connectivity index (χ1v) is 7.79. The third kappa shape index (κ3) is 2.50. The van der Waals surface area contributed by atoms with Crippen LogP contribution >= 0.6 is 31.9 Å². The number of ether oxygens (including phenoxy) is 1. The van der Waals surface area contributed by atoms with Gasteiger partial charge in [-0.3, -0.25) is 4.79 Å². The quantitative estimate of drug-likeness (QED) is 0.782. The molecule has 1 atom stereocenters. The minimum atomic E-state index is -0.106. The van der Waals surface area contributed by atoms with E-state index in [-0.39, 0.29) is 10.7 Å². The molecule has 1 aliphatic heterocycles. The van der Waals surface area contributed by atoms with Gasteiger partial charge in [-0.15, -0.1) is 0 Å². The second kappa shape index (κ2) is 5.61. The van der Waals surface area contributed by atoms with Crippen molar-refractivity contribution in [2.24, 2.45) is 0 Å². The lowest BCUT2D eigenvalue weighted by molar-refractivity contribution is 0.0957. The highest BCUT2D eigenvalue weighted by molar-refractivity contribution is 9.10. The van der Waals surface area contributed by atoms with Crippen LogP contribution in [-0.4, -0.2) is 19.1 Å². The van der Waals surface area contributed by atoms with Gasteiger partial charge in [-0.1, -0.05) is 22.0 Å². The van der Waals surface area contributed by atoms with Crippen LogP contribution in [0, 0.1) is 0 Å². The van der Waals surface area contributed by atoms with Crippen molar-refractivity contribution in [1.82, 2.24) is 5.32 Å². The zero-order valence-corrected chi connectivity index (χ0v) is 13.5. The smallest absolute Gasteiger partial charge is 0.255 e. The summed E-state index contributed by atoms with van der Waals surface area (Å²) in [4.78, 5) is 11.9. The fourth-order valence-electron chi connectivity index (χ4n) is 2.09. The zero-order chi connectivity index (χ0) is 14.1. The normalized spacial score (nSPS) is 15.8. The standard InChI is InChI=1S/C14H11Br2NO3/c15-12(9-3-5-20-13(9)16)8-1-2-11-10(7-8)14(18)17-4-6-19-11/h1-3,5,7,12H,4,6H2,(H,17,18). The number of rotatable bonds is 2. The van der Waals surface area contributed by atoms with E-state index in [9.17, 15) is 4.79 Å². The number of carbonyl (C=O) groups is 1. The van der Waals surface area contributed by atoms with Crippen LogP contribution in [-0.2, 0) is 0 Å². The molecule has 104 valence electrons. The average Bonchev–Trinajstić information content (AvgIpc) is 2.79. The Kier molecular flexibility index (Phi) is 3.85. The second-order valence-electron chi connectivity index (χ2n) is 4.37. The van der Waals surface area contributed by atoms with Gasteiger partial charge in [0.2, 0.25) is 0 Å². The molecule has 0 saturated heterocycles. The van der Waals surface area contributed by atoms with Gasteiger partial charge in [-0.25, -0.2) is 0 Å². The van der Waals surface area contributed by atoms with Crippen LogP contribution in [0.4, 0.5) is 0 Å². The van der Waals surface area contributed by atoms with Crippen LogP contribution in [0.1, 0.15) is 26.3 Å². The van der Waals surface area contributed by atoms with Crippen LogP contribution in [0.15, 0.2) is 39.6 Å². The van der Waals surface area contributed by atoms with Crippen LogP contribution in [0.5, 0.6) is 5.75 Å². The largest absolute Gasteiger partial charge is 0.491 e. The first-order chi connectivity index (χ1) is 9.66. The summed E-state index contributed by atoms with van der Waals surface area (Å²) >= 11 is 6.99. The molecule has 1 N–H and O–H groups in total. The Labute approximate surface area is 132 Å². The molecule has 1 amide bonds. The van der Waals surface area contributed by atoms with Gasteiger partial charge < -0.3 is 14.5 Å². The van der Waals surface area contributed by atoms with E-state index < -0.39 is 0 Å². The molecular formula is C14H11Br2NO3. The van der Waals surface area contributed by atoms with E-state index in [0.717, 1.165) is 11.1 Å². The predicted octanol–water partition coefficient (Wildman–Crippen LogP) is 3.65. The molecule has 4 nitrogen and oxygen atoms in total. The van der Waals surface area contributed by atoms with Gasteiger partial charge in [-0.05, 0) is 39.7 Å². The van der Waals surface area contributed by atoms with E-state index in [1.54, 1.807) is 6.26 Å². The van der Waals surface area contributed by atoms with Crippen LogP contribution in [0.25, 0.3) is 0 Å². The van der Waals surface area contributed by atoms with E-state index in [1.807, 2.05) is 24.3 Å². The number of nitrogens with one attached hydrogen (secondary N) is 1. The summed E-state index contributed by atoms with van der Waals surface area (Å²) in [6, 6.07) is 7.49. The van der Waals surface area contributed by atoms with Crippen molar-refractivity contribution in [2.45, 2.75) is 4.83 Å². The van der Waals surface area contributed by atoms with Crippen molar-refractivity contribution in [1.29, 1.82) is 0 Å². The number of hydrogen-bond acceptors (Lipinski definition) is 3. The van der Waals surface area contributed by atoms with Gasteiger partial charge in [0.1, 0.15) is 12.4 Å².